The summed E-state index contributed by atoms with van der Waals surface area (Å²) in [6.45, 7) is 9.11. The number of halogens is 1. The van der Waals surface area contributed by atoms with E-state index in [4.69, 9.17) is 4.74 Å². The molecular weight excluding hydrogens is 406 g/mol. The van der Waals surface area contributed by atoms with E-state index in [0.29, 0.717) is 13.0 Å². The van der Waals surface area contributed by atoms with Gasteiger partial charge in [-0.15, -0.1) is 12.4 Å². The second kappa shape index (κ2) is 10.8. The summed E-state index contributed by atoms with van der Waals surface area (Å²) in [5, 5.41) is 0. The maximum Gasteiger partial charge on any atom is 0.313 e. The highest BCUT2D eigenvalue weighted by atomic mass is 35.5. The van der Waals surface area contributed by atoms with Gasteiger partial charge in [0.2, 0.25) is 0 Å². The van der Waals surface area contributed by atoms with Crippen molar-refractivity contribution >= 4 is 35.9 Å². The van der Waals surface area contributed by atoms with Crippen LogP contribution < -0.4 is 0 Å². The van der Waals surface area contributed by atoms with Crippen LogP contribution in [0.15, 0.2) is 52.3 Å². The number of carbonyl (C=O) groups excluding carboxylic acids is 2. The highest BCUT2D eigenvalue weighted by Crippen LogP contribution is 2.38. The minimum absolute atomic E-state index is 0. The molecule has 4 nitrogen and oxygen atoms in total. The molecule has 0 saturated heterocycles. The van der Waals surface area contributed by atoms with Crippen LogP contribution in [0.3, 0.4) is 0 Å². The number of Topliss-reactive ketones (excluding diaryl/α,β-unsaturated/α-hetero) is 1. The molecule has 0 aliphatic carbocycles. The Morgan fingerprint density at radius 2 is 1.86 bits per heavy atom. The highest BCUT2D eigenvalue weighted by molar-refractivity contribution is 7.99. The van der Waals surface area contributed by atoms with Crippen LogP contribution in [0.25, 0.3) is 0 Å². The summed E-state index contributed by atoms with van der Waals surface area (Å²) in [6, 6.07) is 13.7. The molecule has 156 valence electrons. The number of hydrogen-bond donors (Lipinski definition) is 0. The summed E-state index contributed by atoms with van der Waals surface area (Å²) in [6.07, 6.45) is 0.358. The first kappa shape index (κ1) is 23.5. The SMILES string of the molecule is CCN(CC)CCOC(=O)C(C)c1ccc2c(c1)CC(=O)c1ccccc1S2.Cl. The molecule has 6 heteroatoms. The van der Waals surface area contributed by atoms with Crippen LogP contribution >= 0.6 is 24.2 Å². The van der Waals surface area contributed by atoms with Gasteiger partial charge in [-0.25, -0.2) is 0 Å². The van der Waals surface area contributed by atoms with Crippen LogP contribution in [-0.2, 0) is 16.0 Å². The topological polar surface area (TPSA) is 46.6 Å². The fraction of sp³-hybridized carbons (Fsp3) is 0.391. The number of hydrogen-bond acceptors (Lipinski definition) is 5. The average Bonchev–Trinajstić information content (AvgIpc) is 2.85. The quantitative estimate of drug-likeness (QED) is 0.576. The third-order valence-corrected chi connectivity index (χ3v) is 6.44. The lowest BCUT2D eigenvalue weighted by atomic mass is 9.96. The van der Waals surface area contributed by atoms with E-state index >= 15 is 0 Å². The molecule has 0 aromatic heterocycles. The molecule has 2 aromatic carbocycles. The number of benzene rings is 2. The second-order valence-electron chi connectivity index (χ2n) is 6.98. The fourth-order valence-corrected chi connectivity index (χ4v) is 4.43. The van der Waals surface area contributed by atoms with Crippen LogP contribution in [0.4, 0.5) is 0 Å². The normalized spacial score (nSPS) is 13.7. The summed E-state index contributed by atoms with van der Waals surface area (Å²) in [4.78, 5) is 29.4. The predicted molar refractivity (Wildman–Crippen MR) is 119 cm³/mol. The number of fused-ring (bicyclic) bond motifs is 2. The van der Waals surface area contributed by atoms with Crippen LogP contribution in [0.5, 0.6) is 0 Å². The molecule has 0 spiro atoms. The number of ether oxygens (including phenoxy) is 1. The average molecular weight is 434 g/mol. The Hall–Kier alpha value is -1.82. The Morgan fingerprint density at radius 1 is 1.14 bits per heavy atom. The van der Waals surface area contributed by atoms with Crippen molar-refractivity contribution in [2.24, 2.45) is 0 Å². The third kappa shape index (κ3) is 5.62. The largest absolute Gasteiger partial charge is 0.464 e. The number of ketones is 1. The number of nitrogens with zero attached hydrogens (tertiary/aromatic N) is 1. The van der Waals surface area contributed by atoms with Crippen LogP contribution in [-0.4, -0.2) is 42.9 Å². The monoisotopic (exact) mass is 433 g/mol. The Kier molecular flexibility index (Phi) is 8.75. The van der Waals surface area contributed by atoms with E-state index in [1.807, 2.05) is 49.4 Å². The summed E-state index contributed by atoms with van der Waals surface area (Å²) >= 11 is 1.62. The van der Waals surface area contributed by atoms with Crippen molar-refractivity contribution in [2.75, 3.05) is 26.2 Å². The lowest BCUT2D eigenvalue weighted by Gasteiger charge is -2.19. The first-order chi connectivity index (χ1) is 13.5. The van der Waals surface area contributed by atoms with E-state index in [2.05, 4.69) is 18.7 Å². The van der Waals surface area contributed by atoms with E-state index in [9.17, 15) is 9.59 Å². The Balaban J connectivity index is 0.00000300. The van der Waals surface area contributed by atoms with Crippen molar-refractivity contribution in [1.29, 1.82) is 0 Å². The van der Waals surface area contributed by atoms with E-state index in [1.165, 1.54) is 0 Å². The van der Waals surface area contributed by atoms with Gasteiger partial charge in [0, 0.05) is 28.3 Å². The number of carbonyl (C=O) groups is 2. The van der Waals surface area contributed by atoms with E-state index in [0.717, 1.165) is 46.1 Å². The molecule has 0 radical (unpaired) electrons. The van der Waals surface area contributed by atoms with Crippen LogP contribution in [0.2, 0.25) is 0 Å². The van der Waals surface area contributed by atoms with Crippen molar-refractivity contribution < 1.29 is 14.3 Å². The van der Waals surface area contributed by atoms with Crippen LogP contribution in [0, 0.1) is 0 Å². The lowest BCUT2D eigenvalue weighted by molar-refractivity contribution is -0.145. The van der Waals surface area contributed by atoms with Gasteiger partial charge >= 0.3 is 5.97 Å². The molecule has 0 amide bonds. The van der Waals surface area contributed by atoms with E-state index in [-0.39, 0.29) is 30.1 Å². The first-order valence-corrected chi connectivity index (χ1v) is 10.7. The minimum Gasteiger partial charge on any atom is -0.464 e. The van der Waals surface area contributed by atoms with Gasteiger partial charge in [-0.2, -0.15) is 0 Å². The lowest BCUT2D eigenvalue weighted by Crippen LogP contribution is -2.28. The highest BCUT2D eigenvalue weighted by Gasteiger charge is 2.23. The predicted octanol–water partition coefficient (Wildman–Crippen LogP) is 4.99. The van der Waals surface area contributed by atoms with Gasteiger partial charge in [-0.05, 0) is 43.3 Å². The summed E-state index contributed by atoms with van der Waals surface area (Å²) in [5.41, 5.74) is 2.64. The zero-order valence-electron chi connectivity index (χ0n) is 17.1. The molecule has 0 N–H and O–H groups in total. The van der Waals surface area contributed by atoms with Crippen LogP contribution in [0.1, 0.15) is 48.2 Å². The molecule has 0 saturated carbocycles. The third-order valence-electron chi connectivity index (χ3n) is 5.24. The Labute approximate surface area is 183 Å². The molecule has 1 aliphatic rings. The molecule has 1 unspecified atom stereocenters. The molecule has 3 rings (SSSR count). The van der Waals surface area contributed by atoms with Gasteiger partial charge in [-0.1, -0.05) is 55.9 Å². The number of likely N-dealkylation sites (N-methyl/N-ethyl adjacent to an activating group) is 1. The smallest absolute Gasteiger partial charge is 0.313 e. The van der Waals surface area contributed by atoms with Gasteiger partial charge < -0.3 is 9.64 Å². The minimum atomic E-state index is -0.354. The van der Waals surface area contributed by atoms with Crippen molar-refractivity contribution in [2.45, 2.75) is 42.9 Å². The first-order valence-electron chi connectivity index (χ1n) is 9.85. The number of esters is 1. The molecule has 0 bridgehead atoms. The standard InChI is InChI=1S/C23H27NO3S.ClH/c1-4-24(5-2)12-13-27-23(26)16(3)17-10-11-21-18(14-17)15-20(25)19-8-6-7-9-22(19)28-21;/h6-11,14,16H,4-5,12-13,15H2,1-3H3;1H. The zero-order valence-corrected chi connectivity index (χ0v) is 18.8. The maximum atomic E-state index is 12.6. The Bertz CT molecular complexity index is 867. The van der Waals surface area contributed by atoms with E-state index < -0.39 is 0 Å². The van der Waals surface area contributed by atoms with E-state index in [1.54, 1.807) is 11.8 Å². The summed E-state index contributed by atoms with van der Waals surface area (Å²) in [5.74, 6) is -0.454. The summed E-state index contributed by atoms with van der Waals surface area (Å²) in [7, 11) is 0. The second-order valence-corrected chi connectivity index (χ2v) is 8.07. The van der Waals surface area contributed by atoms with Gasteiger partial charge in [0.05, 0.1) is 5.92 Å². The van der Waals surface area contributed by atoms with Crippen molar-refractivity contribution in [3.8, 4) is 0 Å². The summed E-state index contributed by atoms with van der Waals surface area (Å²) < 4.78 is 5.48. The Morgan fingerprint density at radius 3 is 2.59 bits per heavy atom. The molecule has 2 aromatic rings. The van der Waals surface area contributed by atoms with Gasteiger partial charge in [-0.3, -0.25) is 9.59 Å². The molecule has 1 atom stereocenters. The molecule has 0 fully saturated rings. The molecule has 1 heterocycles. The fourth-order valence-electron chi connectivity index (χ4n) is 3.36. The molecule has 1 aliphatic heterocycles. The maximum absolute atomic E-state index is 12.6. The number of rotatable bonds is 7. The zero-order chi connectivity index (χ0) is 20.1. The van der Waals surface area contributed by atoms with Gasteiger partial charge in [0.15, 0.2) is 5.78 Å². The van der Waals surface area contributed by atoms with Crippen molar-refractivity contribution in [1.82, 2.24) is 4.90 Å². The van der Waals surface area contributed by atoms with Crippen molar-refractivity contribution in [3.63, 3.8) is 0 Å². The molecule has 29 heavy (non-hydrogen) atoms. The molecular formula is C23H28ClNO3S. The van der Waals surface area contributed by atoms with Gasteiger partial charge in [0.25, 0.3) is 0 Å². The van der Waals surface area contributed by atoms with Gasteiger partial charge in [0.1, 0.15) is 6.61 Å². The van der Waals surface area contributed by atoms with Crippen molar-refractivity contribution in [3.05, 3.63) is 59.2 Å².